The SMILES string of the molecule is C=C(C)C(=O)O.C=C(C)C(=O)OC12CC3CC(C1)CC(C(=O)O)(C3)C2.C=C(C)C(=O)OC1C2CC3C1OC(=O)C3C2C(=O)O.C=C(C)C(=O)OC1C2OC(=O)C3C2OC1C3C(=O)O.C=C(C)C(=O)OC1CC2CC1CC2C(=O)O.C=C(C)C(=O)OC1CCC(C(=O)O)CC1.C=C(C)C(=O)OCC(=O)O.C=C(C)C(=O)OCCC(=O)O.C=C(C)C(=O)OCCCC(=O)O.C=CC(=O)O. The molecule has 0 aromatic carbocycles. The maximum Gasteiger partial charge on any atom is 0.341 e. The molecule has 10 bridgehead atoms. The fourth-order valence-electron chi connectivity index (χ4n) is 17.2. The van der Waals surface area contributed by atoms with E-state index in [1.807, 2.05) is 0 Å². The van der Waals surface area contributed by atoms with Crippen LogP contribution < -0.4 is 0 Å². The Bertz CT molecular complexity index is 4420. The van der Waals surface area contributed by atoms with Gasteiger partial charge in [-0.05, 0) is 176 Å². The van der Waals surface area contributed by atoms with Crippen LogP contribution >= 0.6 is 0 Å². The highest BCUT2D eigenvalue weighted by molar-refractivity contribution is 5.93. The van der Waals surface area contributed by atoms with Crippen molar-refractivity contribution < 1.29 is 199 Å². The first-order chi connectivity index (χ1) is 61.2. The minimum atomic E-state index is -1.17. The van der Waals surface area contributed by atoms with Gasteiger partial charge in [-0.2, -0.15) is 0 Å². The molecule has 9 aliphatic carbocycles. The molecule has 0 aromatic rings. The average molecular weight is 1870 g/mol. The van der Waals surface area contributed by atoms with E-state index in [4.69, 9.17) is 73.6 Å². The number of aliphatic carboxylic acids is 10. The summed E-state index contributed by atoms with van der Waals surface area (Å²) < 4.78 is 55.7. The smallest absolute Gasteiger partial charge is 0.341 e. The number of carbonyl (C=O) groups excluding carboxylic acids is 10. The van der Waals surface area contributed by atoms with Gasteiger partial charge in [-0.3, -0.25) is 43.2 Å². The van der Waals surface area contributed by atoms with Crippen molar-refractivity contribution in [1.29, 1.82) is 0 Å². The van der Waals surface area contributed by atoms with Crippen LogP contribution in [0.4, 0.5) is 0 Å². The molecule has 41 heteroatoms. The number of rotatable bonds is 29. The summed E-state index contributed by atoms with van der Waals surface area (Å²) in [5.41, 5.74) is 1.38. The molecule has 0 aromatic heterocycles. The quantitative estimate of drug-likeness (QED) is 0.0145. The molecule has 41 nitrogen and oxygen atoms in total. The number of ether oxygens (including phenoxy) is 11. The predicted octanol–water partition coefficient (Wildman–Crippen LogP) is 8.39. The summed E-state index contributed by atoms with van der Waals surface area (Å²) in [4.78, 5) is 217. The van der Waals surface area contributed by atoms with Crippen molar-refractivity contribution in [2.45, 2.75) is 226 Å². The summed E-state index contributed by atoms with van der Waals surface area (Å²) in [6, 6.07) is 0. The molecule has 18 unspecified atom stereocenters. The van der Waals surface area contributed by atoms with Crippen molar-refractivity contribution in [1.82, 2.24) is 0 Å². The minimum absolute atomic E-state index is 0.0173. The second-order valence-electron chi connectivity index (χ2n) is 34.2. The second-order valence-corrected chi connectivity index (χ2v) is 34.2. The Labute approximate surface area is 759 Å². The van der Waals surface area contributed by atoms with Crippen LogP contribution in [0.15, 0.2) is 122 Å². The number of hydrogen-bond donors (Lipinski definition) is 10. The zero-order valence-corrected chi connectivity index (χ0v) is 75.0. The van der Waals surface area contributed by atoms with Crippen LogP contribution in [0.1, 0.15) is 171 Å². The Morgan fingerprint density at radius 2 is 0.848 bits per heavy atom. The number of carboxylic acid groups (broad SMARTS) is 10. The fourth-order valence-corrected chi connectivity index (χ4v) is 17.2. The average Bonchev–Trinajstić information content (AvgIpc) is 1.66. The highest BCUT2D eigenvalue weighted by atomic mass is 16.7. The van der Waals surface area contributed by atoms with Gasteiger partial charge >= 0.3 is 119 Å². The number of fused-ring (bicyclic) bond motifs is 4. The summed E-state index contributed by atoms with van der Waals surface area (Å²) in [5, 5.41) is 85.7. The number of carboxylic acids is 10. The van der Waals surface area contributed by atoms with E-state index in [1.165, 1.54) is 34.6 Å². The van der Waals surface area contributed by atoms with Crippen molar-refractivity contribution in [2.24, 2.45) is 76.4 Å². The van der Waals surface area contributed by atoms with Gasteiger partial charge in [0.2, 0.25) is 0 Å². The van der Waals surface area contributed by atoms with E-state index in [0.717, 1.165) is 44.6 Å². The lowest BCUT2D eigenvalue weighted by atomic mass is 9.48. The summed E-state index contributed by atoms with van der Waals surface area (Å²) >= 11 is 0. The lowest BCUT2D eigenvalue weighted by molar-refractivity contribution is -0.207. The van der Waals surface area contributed by atoms with Gasteiger partial charge in [0, 0.05) is 80.9 Å². The van der Waals surface area contributed by atoms with E-state index >= 15 is 0 Å². The molecule has 13 aliphatic rings. The molecule has 13 rings (SSSR count). The molecule has 132 heavy (non-hydrogen) atoms. The molecule has 4 aliphatic heterocycles. The summed E-state index contributed by atoms with van der Waals surface area (Å²) in [6.07, 6.45) is 6.58. The summed E-state index contributed by atoms with van der Waals surface area (Å²) in [5.74, 6) is -17.4. The minimum Gasteiger partial charge on any atom is -0.481 e. The lowest BCUT2D eigenvalue weighted by Gasteiger charge is -2.59. The van der Waals surface area contributed by atoms with Crippen LogP contribution in [-0.2, 0) is 148 Å². The number of carbonyl (C=O) groups is 20. The first kappa shape index (κ1) is 113. The lowest BCUT2D eigenvalue weighted by Crippen LogP contribution is -2.59. The second kappa shape index (κ2) is 50.8. The van der Waals surface area contributed by atoms with Gasteiger partial charge in [0.15, 0.2) is 18.8 Å². The largest absolute Gasteiger partial charge is 0.481 e. The molecular weight excluding hydrogens is 1750 g/mol. The maximum atomic E-state index is 11.8. The molecule has 728 valence electrons. The van der Waals surface area contributed by atoms with Gasteiger partial charge in [-0.15, -0.1) is 0 Å². The zero-order valence-electron chi connectivity index (χ0n) is 75.0. The van der Waals surface area contributed by atoms with E-state index < -0.39 is 179 Å². The molecule has 13 fully saturated rings. The Balaban J connectivity index is 0.000000386. The Morgan fingerprint density at radius 3 is 1.26 bits per heavy atom. The van der Waals surface area contributed by atoms with Gasteiger partial charge in [-0.25, -0.2) is 52.7 Å². The van der Waals surface area contributed by atoms with Crippen LogP contribution in [0.3, 0.4) is 0 Å². The van der Waals surface area contributed by atoms with Gasteiger partial charge < -0.3 is 103 Å². The summed E-state index contributed by atoms with van der Waals surface area (Å²) in [7, 11) is 0. The maximum absolute atomic E-state index is 11.8. The molecule has 4 saturated heterocycles. The third-order valence-electron chi connectivity index (χ3n) is 22.9. The van der Waals surface area contributed by atoms with Gasteiger partial charge in [-0.1, -0.05) is 65.8 Å². The third-order valence-corrected chi connectivity index (χ3v) is 22.9. The van der Waals surface area contributed by atoms with Crippen LogP contribution in [-0.4, -0.2) is 245 Å². The van der Waals surface area contributed by atoms with Gasteiger partial charge in [0.05, 0.1) is 42.1 Å². The normalized spacial score (nSPS) is 28.4. The van der Waals surface area contributed by atoms with E-state index in [-0.39, 0.29) is 120 Å². The molecule has 9 saturated carbocycles. The topological polar surface area (TPSA) is 645 Å². The molecule has 10 N–H and O–H groups in total. The van der Waals surface area contributed by atoms with Crippen LogP contribution in [0, 0.1) is 76.4 Å². The standard InChI is InChI=1S/C15H20O4.C13H14O6.C12H12O7.C12H16O4.C11H16O4.C8H12O4.C7H10O4.C6H8O4.C4H6O2.C3H4O2/c1-9(2)12(16)19-15-6-10-3-11(7-15)5-14(4-10,8-15)13(17)18;1-4(2)12(16)18-9-5-3-6-8(7(5)11(14)15)13(17)19-10(6)9;1-3(2)11(15)18-8-6-4(10(13)14)5-7(17-6)9(8)19-12(5)16;1-6(2)12(15)16-10-5-7-3-8(10)4-9(7)11(13)14;1-7(2)11(14)15-9-5-3-8(4-6-9)10(12)13;1-6(2)8(11)12-5-3-4-7(9)10;1-5(2)7(10)11-4-3-6(8)9;1-4(2)6(9)10-3-5(7)8;1-3(2)4(5)6;1-2-3(4)5/h10-11H,1,3-8H2,2H3,(H,17,18);5-10H,1,3H2,2H3,(H,14,15);4-9H,1H2,2H3,(H,13,14);7-10H,1,3-5H2,2H3,(H,13,14);8-9H,1,3-6H2,2H3,(H,12,13);1,3-5H2,2H3,(H,9,10);1,3-4H2,2H3,(H,8,9);1,3H2,2H3,(H,7,8);1H2,2H3,(H,5,6);2H,1H2,(H,4,5). The Morgan fingerprint density at radius 1 is 0.409 bits per heavy atom. The molecule has 0 radical (unpaired) electrons. The highest BCUT2D eigenvalue weighted by Gasteiger charge is 2.73. The van der Waals surface area contributed by atoms with Crippen LogP contribution in [0.5, 0.6) is 0 Å². The molecule has 18 atom stereocenters. The molecule has 0 spiro atoms. The van der Waals surface area contributed by atoms with Crippen molar-refractivity contribution in [3.8, 4) is 0 Å². The Hall–Kier alpha value is -13.2. The van der Waals surface area contributed by atoms with Crippen molar-refractivity contribution in [3.05, 3.63) is 122 Å². The first-order valence-corrected chi connectivity index (χ1v) is 41.6. The molecule has 4 heterocycles. The van der Waals surface area contributed by atoms with E-state index in [9.17, 15) is 111 Å². The molecule has 0 amide bonds. The first-order valence-electron chi connectivity index (χ1n) is 41.6. The Kier molecular flexibility index (Phi) is 43.5. The van der Waals surface area contributed by atoms with E-state index in [0.29, 0.717) is 91.9 Å². The van der Waals surface area contributed by atoms with Gasteiger partial charge in [0.25, 0.3) is 0 Å². The zero-order chi connectivity index (χ0) is 101. The van der Waals surface area contributed by atoms with Crippen molar-refractivity contribution in [2.75, 3.05) is 19.8 Å². The predicted molar refractivity (Wildman–Crippen MR) is 452 cm³/mol. The van der Waals surface area contributed by atoms with E-state index in [1.54, 1.807) is 27.7 Å². The van der Waals surface area contributed by atoms with Crippen LogP contribution in [0.2, 0.25) is 0 Å². The van der Waals surface area contributed by atoms with Crippen molar-refractivity contribution in [3.63, 3.8) is 0 Å². The van der Waals surface area contributed by atoms with Crippen molar-refractivity contribution >= 4 is 119 Å². The monoisotopic (exact) mass is 1870 g/mol. The molecular formula is C91H118O41. The van der Waals surface area contributed by atoms with Gasteiger partial charge in [0.1, 0.15) is 60.7 Å². The fraction of sp³-hybridized carbons (Fsp3) is 0.560. The highest BCUT2D eigenvalue weighted by Crippen LogP contribution is 2.63. The van der Waals surface area contributed by atoms with Crippen LogP contribution in [0.25, 0.3) is 0 Å². The van der Waals surface area contributed by atoms with E-state index in [2.05, 4.69) is 80.0 Å². The number of esters is 10. The third kappa shape index (κ3) is 33.0. The summed E-state index contributed by atoms with van der Waals surface area (Å²) in [6.45, 7) is 46.9. The number of hydrogen-bond acceptors (Lipinski definition) is 31.